The van der Waals surface area contributed by atoms with E-state index in [4.69, 9.17) is 8.57 Å². The molecule has 0 amide bonds. The summed E-state index contributed by atoms with van der Waals surface area (Å²) in [6.45, 7) is 2.68. The van der Waals surface area contributed by atoms with E-state index in [1.807, 2.05) is 0 Å². The maximum absolute atomic E-state index is 5.80. The van der Waals surface area contributed by atoms with Crippen LogP contribution >= 0.6 is 16.3 Å². The lowest BCUT2D eigenvalue weighted by atomic mass is 10.0. The molecule has 0 spiro atoms. The van der Waals surface area contributed by atoms with Crippen molar-refractivity contribution in [2.75, 3.05) is 6.61 Å². The lowest BCUT2D eigenvalue weighted by molar-refractivity contribution is 0.125. The Bertz CT molecular complexity index is 325. The van der Waals surface area contributed by atoms with Crippen molar-refractivity contribution in [3.05, 3.63) is 29.3 Å². The average Bonchev–Trinajstić information content (AvgIpc) is 2.17. The maximum Gasteiger partial charge on any atom is 0.123 e. The van der Waals surface area contributed by atoms with Crippen LogP contribution in [-0.4, -0.2) is 12.7 Å². The minimum Gasteiger partial charge on any atom is -0.488 e. The third-order valence-corrected chi connectivity index (χ3v) is 2.77. The number of halogens is 1. The van der Waals surface area contributed by atoms with Crippen LogP contribution in [0.4, 0.5) is 0 Å². The Morgan fingerprint density at radius 2 is 2.43 bits per heavy atom. The summed E-state index contributed by atoms with van der Waals surface area (Å²) in [4.78, 5) is 0. The topological polar surface area (TPSA) is 18.5 Å². The molecule has 0 unspecified atom stereocenters. The molecule has 0 fully saturated rings. The molecule has 1 aliphatic rings. The highest BCUT2D eigenvalue weighted by atomic mass is 79.9. The summed E-state index contributed by atoms with van der Waals surface area (Å²) in [6, 6.07) is 6.37. The molecule has 0 bridgehead atoms. The van der Waals surface area contributed by atoms with Crippen molar-refractivity contribution in [1.82, 2.24) is 0 Å². The van der Waals surface area contributed by atoms with Gasteiger partial charge < -0.3 is 8.57 Å². The van der Waals surface area contributed by atoms with E-state index >= 15 is 0 Å². The zero-order chi connectivity index (χ0) is 9.97. The summed E-state index contributed by atoms with van der Waals surface area (Å²) in [5.41, 5.74) is 2.55. The standard InChI is InChI=1S/C11H13BrO2/c1-8-2-3-9-4-5-10(7-13-12)14-11(9)6-8/h2-3,6,10H,4-5,7H2,1H3/t10-/m1/s1. The molecule has 1 aliphatic heterocycles. The largest absolute Gasteiger partial charge is 0.488 e. The van der Waals surface area contributed by atoms with Gasteiger partial charge in [-0.3, -0.25) is 0 Å². The summed E-state index contributed by atoms with van der Waals surface area (Å²) in [5, 5.41) is 0. The zero-order valence-corrected chi connectivity index (χ0v) is 9.71. The third-order valence-electron chi connectivity index (χ3n) is 2.50. The third kappa shape index (κ3) is 2.10. The minimum atomic E-state index is 0.184. The van der Waals surface area contributed by atoms with E-state index in [9.17, 15) is 0 Å². The first kappa shape index (κ1) is 9.99. The van der Waals surface area contributed by atoms with Crippen LogP contribution in [0.15, 0.2) is 18.2 Å². The molecule has 0 saturated heterocycles. The van der Waals surface area contributed by atoms with E-state index in [1.54, 1.807) is 0 Å². The van der Waals surface area contributed by atoms with Gasteiger partial charge in [-0.2, -0.15) is 0 Å². The Balaban J connectivity index is 2.16. The zero-order valence-electron chi connectivity index (χ0n) is 8.13. The first-order chi connectivity index (χ1) is 6.79. The van der Waals surface area contributed by atoms with Crippen LogP contribution in [0.1, 0.15) is 17.5 Å². The van der Waals surface area contributed by atoms with Crippen molar-refractivity contribution in [3.63, 3.8) is 0 Å². The van der Waals surface area contributed by atoms with Gasteiger partial charge in [0.2, 0.25) is 0 Å². The Hall–Kier alpha value is -0.540. The number of fused-ring (bicyclic) bond motifs is 1. The van der Waals surface area contributed by atoms with Crippen molar-refractivity contribution in [2.45, 2.75) is 25.9 Å². The van der Waals surface area contributed by atoms with Gasteiger partial charge in [0.1, 0.15) is 11.9 Å². The van der Waals surface area contributed by atoms with E-state index in [1.165, 1.54) is 11.1 Å². The van der Waals surface area contributed by atoms with Crippen molar-refractivity contribution in [1.29, 1.82) is 0 Å². The molecular formula is C11H13BrO2. The second-order valence-corrected chi connectivity index (χ2v) is 4.12. The second kappa shape index (κ2) is 4.32. The number of rotatable bonds is 2. The van der Waals surface area contributed by atoms with Gasteiger partial charge in [-0.05, 0) is 37.0 Å². The number of ether oxygens (including phenoxy) is 1. The van der Waals surface area contributed by atoms with Gasteiger partial charge >= 0.3 is 0 Å². The van der Waals surface area contributed by atoms with E-state index in [-0.39, 0.29) is 6.10 Å². The quantitative estimate of drug-likeness (QED) is 0.810. The van der Waals surface area contributed by atoms with Crippen molar-refractivity contribution in [3.8, 4) is 5.75 Å². The fraction of sp³-hybridized carbons (Fsp3) is 0.455. The van der Waals surface area contributed by atoms with Gasteiger partial charge in [0.05, 0.1) is 22.9 Å². The van der Waals surface area contributed by atoms with Crippen molar-refractivity contribution in [2.24, 2.45) is 0 Å². The van der Waals surface area contributed by atoms with Crippen molar-refractivity contribution < 1.29 is 8.57 Å². The molecule has 0 radical (unpaired) electrons. The Morgan fingerprint density at radius 1 is 1.57 bits per heavy atom. The monoisotopic (exact) mass is 256 g/mol. The fourth-order valence-electron chi connectivity index (χ4n) is 1.72. The van der Waals surface area contributed by atoms with Gasteiger partial charge in [-0.25, -0.2) is 0 Å². The van der Waals surface area contributed by atoms with Crippen molar-refractivity contribution >= 4 is 16.3 Å². The minimum absolute atomic E-state index is 0.184. The molecule has 1 aromatic carbocycles. The molecule has 1 atom stereocenters. The summed E-state index contributed by atoms with van der Waals surface area (Å²) in [6.07, 6.45) is 2.29. The van der Waals surface area contributed by atoms with Crippen LogP contribution in [0.25, 0.3) is 0 Å². The van der Waals surface area contributed by atoms with Crippen LogP contribution < -0.4 is 4.74 Å². The molecule has 1 aromatic rings. The van der Waals surface area contributed by atoms with E-state index in [0.717, 1.165) is 18.6 Å². The van der Waals surface area contributed by atoms with E-state index in [0.29, 0.717) is 6.61 Å². The first-order valence-electron chi connectivity index (χ1n) is 4.79. The maximum atomic E-state index is 5.80. The van der Waals surface area contributed by atoms with Crippen LogP contribution in [-0.2, 0) is 10.2 Å². The van der Waals surface area contributed by atoms with Crippen LogP contribution in [0.5, 0.6) is 5.75 Å². The molecule has 1 heterocycles. The molecule has 0 aromatic heterocycles. The van der Waals surface area contributed by atoms with Gasteiger partial charge in [-0.1, -0.05) is 12.1 Å². The average molecular weight is 257 g/mol. The SMILES string of the molecule is Cc1ccc2c(c1)O[C@@H](COBr)CC2. The number of benzene rings is 1. The van der Waals surface area contributed by atoms with Crippen LogP contribution in [0, 0.1) is 6.92 Å². The molecular weight excluding hydrogens is 244 g/mol. The highest BCUT2D eigenvalue weighted by molar-refractivity contribution is 9.06. The van der Waals surface area contributed by atoms with Crippen LogP contribution in [0.3, 0.4) is 0 Å². The molecule has 0 aliphatic carbocycles. The van der Waals surface area contributed by atoms with Gasteiger partial charge in [-0.15, -0.1) is 0 Å². The number of aryl methyl sites for hydroxylation is 2. The lowest BCUT2D eigenvalue weighted by Gasteiger charge is -2.25. The molecule has 0 saturated carbocycles. The molecule has 76 valence electrons. The second-order valence-electron chi connectivity index (χ2n) is 3.67. The Kier molecular flexibility index (Phi) is 3.08. The Labute approximate surface area is 92.7 Å². The van der Waals surface area contributed by atoms with E-state index < -0.39 is 0 Å². The number of hydrogen-bond acceptors (Lipinski definition) is 2. The van der Waals surface area contributed by atoms with E-state index in [2.05, 4.69) is 41.4 Å². The smallest absolute Gasteiger partial charge is 0.123 e. The predicted octanol–water partition coefficient (Wildman–Crippen LogP) is 3.02. The van der Waals surface area contributed by atoms with Crippen LogP contribution in [0.2, 0.25) is 0 Å². The predicted molar refractivity (Wildman–Crippen MR) is 58.8 cm³/mol. The summed E-state index contributed by atoms with van der Waals surface area (Å²) >= 11 is 2.96. The molecule has 2 nitrogen and oxygen atoms in total. The first-order valence-corrected chi connectivity index (χ1v) is 5.44. The summed E-state index contributed by atoms with van der Waals surface area (Å²) in [7, 11) is 0. The number of hydrogen-bond donors (Lipinski definition) is 0. The normalized spacial score (nSPS) is 20.0. The van der Waals surface area contributed by atoms with Gasteiger partial charge in [0, 0.05) is 0 Å². The van der Waals surface area contributed by atoms with Gasteiger partial charge in [0.25, 0.3) is 0 Å². The summed E-state index contributed by atoms with van der Waals surface area (Å²) in [5.74, 6) is 1.02. The highest BCUT2D eigenvalue weighted by Crippen LogP contribution is 2.28. The van der Waals surface area contributed by atoms with Gasteiger partial charge in [0.15, 0.2) is 0 Å². The molecule has 2 rings (SSSR count). The summed E-state index contributed by atoms with van der Waals surface area (Å²) < 4.78 is 10.7. The Morgan fingerprint density at radius 3 is 3.21 bits per heavy atom. The lowest BCUT2D eigenvalue weighted by Crippen LogP contribution is -2.26. The highest BCUT2D eigenvalue weighted by Gasteiger charge is 2.19. The molecule has 14 heavy (non-hydrogen) atoms. The fourth-order valence-corrected chi connectivity index (χ4v) is 2.02. The molecule has 3 heteroatoms. The molecule has 0 N–H and O–H groups in total.